The van der Waals surface area contributed by atoms with Gasteiger partial charge in [-0.2, -0.15) is 0 Å². The zero-order valence-corrected chi connectivity index (χ0v) is 13.3. The van der Waals surface area contributed by atoms with Crippen LogP contribution in [0.1, 0.15) is 37.8 Å². The van der Waals surface area contributed by atoms with E-state index in [2.05, 4.69) is 5.32 Å². The van der Waals surface area contributed by atoms with E-state index in [0.29, 0.717) is 6.54 Å². The number of amides is 3. The molecule has 0 aromatic heterocycles. The summed E-state index contributed by atoms with van der Waals surface area (Å²) in [6.07, 6.45) is 0.921. The molecule has 5 nitrogen and oxygen atoms in total. The van der Waals surface area contributed by atoms with Crippen LogP contribution in [0.15, 0.2) is 24.3 Å². The summed E-state index contributed by atoms with van der Waals surface area (Å²) >= 11 is 0. The highest BCUT2D eigenvalue weighted by atomic mass is 16.2. The van der Waals surface area contributed by atoms with Gasteiger partial charge in [0.2, 0.25) is 17.7 Å². The average molecular weight is 302 g/mol. The molecular weight excluding hydrogens is 280 g/mol. The van der Waals surface area contributed by atoms with Crippen molar-refractivity contribution in [2.75, 3.05) is 13.1 Å². The van der Waals surface area contributed by atoms with Gasteiger partial charge in [0.25, 0.3) is 0 Å². The van der Waals surface area contributed by atoms with Crippen molar-refractivity contribution in [3.8, 4) is 0 Å². The molecule has 1 atom stereocenters. The van der Waals surface area contributed by atoms with E-state index < -0.39 is 5.41 Å². The minimum Gasteiger partial charge on any atom is -0.355 e. The first kappa shape index (κ1) is 16.2. The minimum absolute atomic E-state index is 0.107. The van der Waals surface area contributed by atoms with Crippen molar-refractivity contribution in [3.05, 3.63) is 35.4 Å². The Morgan fingerprint density at radius 2 is 1.91 bits per heavy atom. The Morgan fingerprint density at radius 3 is 2.50 bits per heavy atom. The fourth-order valence-corrected chi connectivity index (χ4v) is 2.66. The molecule has 0 bridgehead atoms. The first-order valence-electron chi connectivity index (χ1n) is 7.57. The summed E-state index contributed by atoms with van der Waals surface area (Å²) < 4.78 is 0. The number of hydrogen-bond acceptors (Lipinski definition) is 3. The van der Waals surface area contributed by atoms with E-state index in [0.717, 1.165) is 22.4 Å². The minimum atomic E-state index is -0.879. The predicted octanol–water partition coefficient (Wildman–Crippen LogP) is 1.54. The van der Waals surface area contributed by atoms with Crippen LogP contribution in [0, 0.1) is 6.92 Å². The Bertz CT molecular complexity index is 594. The molecule has 0 radical (unpaired) electrons. The highest BCUT2D eigenvalue weighted by Crippen LogP contribution is 2.36. The predicted molar refractivity (Wildman–Crippen MR) is 83.2 cm³/mol. The number of aryl methyl sites for hydroxylation is 1. The number of benzene rings is 1. The summed E-state index contributed by atoms with van der Waals surface area (Å²) in [4.78, 5) is 37.7. The van der Waals surface area contributed by atoms with Crippen LogP contribution in [0.5, 0.6) is 0 Å². The molecule has 2 rings (SSSR count). The van der Waals surface area contributed by atoms with E-state index in [4.69, 9.17) is 0 Å². The van der Waals surface area contributed by atoms with Gasteiger partial charge in [0, 0.05) is 13.0 Å². The maximum atomic E-state index is 12.7. The van der Waals surface area contributed by atoms with Gasteiger partial charge >= 0.3 is 0 Å². The van der Waals surface area contributed by atoms with E-state index in [9.17, 15) is 14.4 Å². The van der Waals surface area contributed by atoms with Crippen molar-refractivity contribution < 1.29 is 14.4 Å². The number of rotatable bonds is 5. The van der Waals surface area contributed by atoms with E-state index in [1.54, 1.807) is 6.92 Å². The van der Waals surface area contributed by atoms with Crippen molar-refractivity contribution in [1.82, 2.24) is 10.2 Å². The SMILES string of the molecule is CCCNC(=O)CN1C(=O)CC(C)(c2ccc(C)cc2)C1=O. The Kier molecular flexibility index (Phi) is 4.64. The van der Waals surface area contributed by atoms with Gasteiger partial charge in [0.1, 0.15) is 6.54 Å². The van der Waals surface area contributed by atoms with Gasteiger partial charge in [-0.3, -0.25) is 19.3 Å². The van der Waals surface area contributed by atoms with Crippen molar-refractivity contribution in [1.29, 1.82) is 0 Å². The second-order valence-corrected chi connectivity index (χ2v) is 6.01. The molecule has 22 heavy (non-hydrogen) atoms. The number of carbonyl (C=O) groups is 3. The number of nitrogens with one attached hydrogen (secondary N) is 1. The Labute approximate surface area is 130 Å². The molecule has 118 valence electrons. The fourth-order valence-electron chi connectivity index (χ4n) is 2.66. The zero-order valence-electron chi connectivity index (χ0n) is 13.3. The van der Waals surface area contributed by atoms with Crippen LogP contribution in [0.3, 0.4) is 0 Å². The second-order valence-electron chi connectivity index (χ2n) is 6.01. The van der Waals surface area contributed by atoms with Crippen molar-refractivity contribution in [3.63, 3.8) is 0 Å². The standard InChI is InChI=1S/C17H22N2O3/c1-4-9-18-14(20)11-19-15(21)10-17(3,16(19)22)13-7-5-12(2)6-8-13/h5-8H,4,9-11H2,1-3H3,(H,18,20). The number of nitrogens with zero attached hydrogens (tertiary/aromatic N) is 1. The molecule has 1 aromatic rings. The molecule has 1 aliphatic heterocycles. The molecule has 1 unspecified atom stereocenters. The second kappa shape index (κ2) is 6.30. The average Bonchev–Trinajstić information content (AvgIpc) is 2.70. The summed E-state index contributed by atoms with van der Waals surface area (Å²) in [5.74, 6) is -0.885. The van der Waals surface area contributed by atoms with E-state index in [1.165, 1.54) is 0 Å². The number of likely N-dealkylation sites (tertiary alicyclic amines) is 1. The lowest BCUT2D eigenvalue weighted by atomic mass is 9.81. The lowest BCUT2D eigenvalue weighted by Gasteiger charge is -2.22. The Morgan fingerprint density at radius 1 is 1.27 bits per heavy atom. The Balaban J connectivity index is 2.17. The molecule has 0 saturated carbocycles. The highest BCUT2D eigenvalue weighted by molar-refractivity contribution is 6.10. The quantitative estimate of drug-likeness (QED) is 0.839. The van der Waals surface area contributed by atoms with Crippen molar-refractivity contribution in [2.24, 2.45) is 0 Å². The topological polar surface area (TPSA) is 66.5 Å². The Hall–Kier alpha value is -2.17. The first-order valence-corrected chi connectivity index (χ1v) is 7.57. The molecule has 1 saturated heterocycles. The van der Waals surface area contributed by atoms with Crippen molar-refractivity contribution >= 4 is 17.7 Å². The normalized spacial score (nSPS) is 21.3. The molecule has 1 N–H and O–H groups in total. The fraction of sp³-hybridized carbons (Fsp3) is 0.471. The summed E-state index contributed by atoms with van der Waals surface area (Å²) in [6, 6.07) is 7.60. The first-order chi connectivity index (χ1) is 10.4. The smallest absolute Gasteiger partial charge is 0.240 e. The molecule has 1 fully saturated rings. The van der Waals surface area contributed by atoms with E-state index >= 15 is 0 Å². The molecule has 5 heteroatoms. The molecule has 1 heterocycles. The maximum Gasteiger partial charge on any atom is 0.240 e. The lowest BCUT2D eigenvalue weighted by Crippen LogP contribution is -2.43. The molecule has 1 aromatic carbocycles. The number of imide groups is 1. The van der Waals surface area contributed by atoms with Crippen LogP contribution in [-0.4, -0.2) is 35.7 Å². The van der Waals surface area contributed by atoms with Crippen LogP contribution in [-0.2, 0) is 19.8 Å². The van der Waals surface area contributed by atoms with Gasteiger partial charge < -0.3 is 5.32 Å². The van der Waals surface area contributed by atoms with Gasteiger partial charge in [-0.1, -0.05) is 36.8 Å². The summed E-state index contributed by atoms with van der Waals surface area (Å²) in [5, 5.41) is 2.69. The van der Waals surface area contributed by atoms with Crippen LogP contribution in [0.4, 0.5) is 0 Å². The third kappa shape index (κ3) is 3.03. The van der Waals surface area contributed by atoms with Crippen LogP contribution in [0.2, 0.25) is 0 Å². The van der Waals surface area contributed by atoms with E-state index in [-0.39, 0.29) is 30.7 Å². The van der Waals surface area contributed by atoms with Gasteiger partial charge in [-0.15, -0.1) is 0 Å². The highest BCUT2D eigenvalue weighted by Gasteiger charge is 2.49. The number of carbonyl (C=O) groups excluding carboxylic acids is 3. The molecule has 1 aliphatic rings. The van der Waals surface area contributed by atoms with E-state index in [1.807, 2.05) is 38.1 Å². The van der Waals surface area contributed by atoms with Crippen LogP contribution in [0.25, 0.3) is 0 Å². The summed E-state index contributed by atoms with van der Waals surface area (Å²) in [7, 11) is 0. The lowest BCUT2D eigenvalue weighted by molar-refractivity contribution is -0.143. The van der Waals surface area contributed by atoms with Crippen LogP contribution < -0.4 is 5.32 Å². The maximum absolute atomic E-state index is 12.7. The van der Waals surface area contributed by atoms with Gasteiger partial charge in [0.15, 0.2) is 0 Å². The van der Waals surface area contributed by atoms with Crippen molar-refractivity contribution in [2.45, 2.75) is 39.0 Å². The van der Waals surface area contributed by atoms with Gasteiger partial charge in [-0.25, -0.2) is 0 Å². The van der Waals surface area contributed by atoms with Crippen LogP contribution >= 0.6 is 0 Å². The molecule has 0 aliphatic carbocycles. The third-order valence-electron chi connectivity index (χ3n) is 4.09. The molecular formula is C17H22N2O3. The largest absolute Gasteiger partial charge is 0.355 e. The summed E-state index contributed by atoms with van der Waals surface area (Å²) in [6.45, 7) is 6.03. The molecule has 3 amide bonds. The zero-order chi connectivity index (χ0) is 16.3. The van der Waals surface area contributed by atoms with Gasteiger partial charge in [0.05, 0.1) is 5.41 Å². The molecule has 0 spiro atoms. The number of hydrogen-bond donors (Lipinski definition) is 1. The monoisotopic (exact) mass is 302 g/mol. The van der Waals surface area contributed by atoms with Gasteiger partial charge in [-0.05, 0) is 25.8 Å². The third-order valence-corrected chi connectivity index (χ3v) is 4.09. The summed E-state index contributed by atoms with van der Waals surface area (Å²) in [5.41, 5.74) is 1.03.